The van der Waals surface area contributed by atoms with Crippen molar-refractivity contribution in [2.45, 2.75) is 12.7 Å². The molecule has 0 aliphatic heterocycles. The van der Waals surface area contributed by atoms with Crippen LogP contribution in [0.2, 0.25) is 0 Å². The number of carbonyl (C=O) groups excluding carboxylic acids is 1. The Kier molecular flexibility index (Phi) is 5.44. The zero-order valence-corrected chi connectivity index (χ0v) is 16.4. The molecule has 0 atom stereocenters. The molecule has 28 heavy (non-hydrogen) atoms. The third-order valence-corrected chi connectivity index (χ3v) is 5.56. The molecule has 0 saturated carbocycles. The van der Waals surface area contributed by atoms with Gasteiger partial charge in [0.25, 0.3) is 0 Å². The van der Waals surface area contributed by atoms with Crippen molar-refractivity contribution in [2.24, 2.45) is 0 Å². The number of hydrogen-bond acceptors (Lipinski definition) is 3. The van der Waals surface area contributed by atoms with E-state index in [0.29, 0.717) is 5.75 Å². The van der Waals surface area contributed by atoms with Crippen LogP contribution in [-0.4, -0.2) is 21.6 Å². The molecular formula is C23H21N3OS. The SMILES string of the molecule is Cc1ccccc1CSCC(=O)Nc1ccc(-c2nc3ccccc3[nH]2)cc1. The van der Waals surface area contributed by atoms with Gasteiger partial charge >= 0.3 is 0 Å². The van der Waals surface area contributed by atoms with Gasteiger partial charge in [0.05, 0.1) is 16.8 Å². The Balaban J connectivity index is 1.33. The first-order valence-electron chi connectivity index (χ1n) is 9.16. The van der Waals surface area contributed by atoms with Gasteiger partial charge in [0.15, 0.2) is 0 Å². The van der Waals surface area contributed by atoms with Crippen molar-refractivity contribution in [2.75, 3.05) is 11.1 Å². The highest BCUT2D eigenvalue weighted by Gasteiger charge is 2.07. The van der Waals surface area contributed by atoms with Crippen molar-refractivity contribution in [3.63, 3.8) is 0 Å². The average molecular weight is 388 g/mol. The third kappa shape index (κ3) is 4.26. The summed E-state index contributed by atoms with van der Waals surface area (Å²) in [4.78, 5) is 20.1. The first-order valence-corrected chi connectivity index (χ1v) is 10.3. The minimum atomic E-state index is 0.00933. The maximum Gasteiger partial charge on any atom is 0.234 e. The Morgan fingerprint density at radius 2 is 1.75 bits per heavy atom. The second-order valence-corrected chi connectivity index (χ2v) is 7.63. The highest BCUT2D eigenvalue weighted by atomic mass is 32.2. The molecule has 0 bridgehead atoms. The summed E-state index contributed by atoms with van der Waals surface area (Å²) in [6.07, 6.45) is 0. The van der Waals surface area contributed by atoms with Crippen LogP contribution in [0, 0.1) is 6.92 Å². The van der Waals surface area contributed by atoms with Crippen LogP contribution in [0.1, 0.15) is 11.1 Å². The minimum Gasteiger partial charge on any atom is -0.338 e. The van der Waals surface area contributed by atoms with E-state index in [-0.39, 0.29) is 5.91 Å². The van der Waals surface area contributed by atoms with Gasteiger partial charge in [-0.05, 0) is 54.4 Å². The minimum absolute atomic E-state index is 0.00933. The summed E-state index contributed by atoms with van der Waals surface area (Å²) in [5.74, 6) is 2.10. The summed E-state index contributed by atoms with van der Waals surface area (Å²) in [5.41, 5.74) is 6.28. The van der Waals surface area contributed by atoms with Gasteiger partial charge in [-0.25, -0.2) is 4.98 Å². The topological polar surface area (TPSA) is 57.8 Å². The van der Waals surface area contributed by atoms with Gasteiger partial charge in [-0.3, -0.25) is 4.79 Å². The molecule has 3 aromatic carbocycles. The van der Waals surface area contributed by atoms with E-state index in [1.165, 1.54) is 11.1 Å². The van der Waals surface area contributed by atoms with Gasteiger partial charge in [-0.2, -0.15) is 0 Å². The molecule has 140 valence electrons. The van der Waals surface area contributed by atoms with E-state index in [2.05, 4.69) is 34.3 Å². The zero-order valence-electron chi connectivity index (χ0n) is 15.6. The number of carbonyl (C=O) groups is 1. The Morgan fingerprint density at radius 3 is 2.54 bits per heavy atom. The van der Waals surface area contributed by atoms with Crippen LogP contribution in [0.3, 0.4) is 0 Å². The summed E-state index contributed by atoms with van der Waals surface area (Å²) < 4.78 is 0. The van der Waals surface area contributed by atoms with Gasteiger partial charge < -0.3 is 10.3 Å². The quantitative estimate of drug-likeness (QED) is 0.465. The van der Waals surface area contributed by atoms with Crippen molar-refractivity contribution >= 4 is 34.4 Å². The first-order chi connectivity index (χ1) is 13.7. The van der Waals surface area contributed by atoms with Crippen LogP contribution in [0.15, 0.2) is 72.8 Å². The number of nitrogens with zero attached hydrogens (tertiary/aromatic N) is 1. The predicted octanol–water partition coefficient (Wildman–Crippen LogP) is 5.41. The number of aryl methyl sites for hydroxylation is 1. The second kappa shape index (κ2) is 8.31. The molecule has 1 aromatic heterocycles. The van der Waals surface area contributed by atoms with E-state index in [1.807, 2.05) is 60.7 Å². The lowest BCUT2D eigenvalue weighted by molar-refractivity contribution is -0.113. The smallest absolute Gasteiger partial charge is 0.234 e. The van der Waals surface area contributed by atoms with E-state index < -0.39 is 0 Å². The molecule has 4 nitrogen and oxygen atoms in total. The van der Waals surface area contributed by atoms with Gasteiger partial charge in [0.1, 0.15) is 5.82 Å². The molecule has 1 heterocycles. The van der Waals surface area contributed by atoms with Crippen LogP contribution in [-0.2, 0) is 10.5 Å². The van der Waals surface area contributed by atoms with Crippen molar-refractivity contribution < 1.29 is 4.79 Å². The Morgan fingerprint density at radius 1 is 1.00 bits per heavy atom. The number of benzene rings is 3. The molecule has 2 N–H and O–H groups in total. The maximum atomic E-state index is 12.2. The van der Waals surface area contributed by atoms with Gasteiger partial charge in [-0.1, -0.05) is 36.4 Å². The molecule has 0 saturated heterocycles. The van der Waals surface area contributed by atoms with E-state index >= 15 is 0 Å². The number of para-hydroxylation sites is 2. The number of nitrogens with one attached hydrogen (secondary N) is 2. The molecule has 0 radical (unpaired) electrons. The monoisotopic (exact) mass is 387 g/mol. The molecule has 0 aliphatic carbocycles. The summed E-state index contributed by atoms with van der Waals surface area (Å²) >= 11 is 1.62. The van der Waals surface area contributed by atoms with E-state index in [1.54, 1.807) is 11.8 Å². The fraction of sp³-hybridized carbons (Fsp3) is 0.130. The molecule has 4 rings (SSSR count). The Hall–Kier alpha value is -3.05. The average Bonchev–Trinajstić information content (AvgIpc) is 3.14. The number of anilines is 1. The van der Waals surface area contributed by atoms with Gasteiger partial charge in [0.2, 0.25) is 5.91 Å². The Bertz CT molecular complexity index is 1070. The lowest BCUT2D eigenvalue weighted by atomic mass is 10.1. The molecule has 0 unspecified atom stereocenters. The number of amides is 1. The maximum absolute atomic E-state index is 12.2. The van der Waals surface area contributed by atoms with Crippen LogP contribution in [0.5, 0.6) is 0 Å². The number of aromatic nitrogens is 2. The number of fused-ring (bicyclic) bond motifs is 1. The second-order valence-electron chi connectivity index (χ2n) is 6.65. The molecule has 0 fully saturated rings. The van der Waals surface area contributed by atoms with Gasteiger partial charge in [-0.15, -0.1) is 11.8 Å². The molecule has 0 aliphatic rings. The van der Waals surface area contributed by atoms with Crippen LogP contribution >= 0.6 is 11.8 Å². The fourth-order valence-corrected chi connectivity index (χ4v) is 3.93. The highest BCUT2D eigenvalue weighted by Crippen LogP contribution is 2.22. The van der Waals surface area contributed by atoms with Crippen molar-refractivity contribution in [1.82, 2.24) is 9.97 Å². The largest absolute Gasteiger partial charge is 0.338 e. The lowest BCUT2D eigenvalue weighted by Crippen LogP contribution is -2.14. The zero-order chi connectivity index (χ0) is 19.3. The number of imidazole rings is 1. The van der Waals surface area contributed by atoms with E-state index in [4.69, 9.17) is 0 Å². The number of hydrogen-bond donors (Lipinski definition) is 2. The molecular weight excluding hydrogens is 366 g/mol. The van der Waals surface area contributed by atoms with E-state index in [9.17, 15) is 4.79 Å². The summed E-state index contributed by atoms with van der Waals surface area (Å²) in [7, 11) is 0. The third-order valence-electron chi connectivity index (χ3n) is 4.58. The molecule has 0 spiro atoms. The Labute approximate surface area is 168 Å². The number of thioether (sulfide) groups is 1. The summed E-state index contributed by atoms with van der Waals surface area (Å²) in [6, 6.07) is 24.0. The first kappa shape index (κ1) is 18.3. The van der Waals surface area contributed by atoms with Crippen LogP contribution < -0.4 is 5.32 Å². The lowest BCUT2D eigenvalue weighted by Gasteiger charge is -2.07. The summed E-state index contributed by atoms with van der Waals surface area (Å²) in [5, 5.41) is 2.96. The predicted molar refractivity (Wildman–Crippen MR) is 118 cm³/mol. The van der Waals surface area contributed by atoms with Crippen molar-refractivity contribution in [1.29, 1.82) is 0 Å². The standard InChI is InChI=1S/C23H21N3OS/c1-16-6-2-3-7-18(16)14-28-15-22(27)24-19-12-10-17(11-13-19)23-25-20-8-4-5-9-21(20)26-23/h2-13H,14-15H2,1H3,(H,24,27)(H,25,26). The van der Waals surface area contributed by atoms with Crippen LogP contribution in [0.25, 0.3) is 22.4 Å². The number of H-pyrrole nitrogens is 1. The van der Waals surface area contributed by atoms with Crippen LogP contribution in [0.4, 0.5) is 5.69 Å². The van der Waals surface area contributed by atoms with Crippen molar-refractivity contribution in [3.8, 4) is 11.4 Å². The fourth-order valence-electron chi connectivity index (χ4n) is 3.02. The molecule has 1 amide bonds. The van der Waals surface area contributed by atoms with Crippen molar-refractivity contribution in [3.05, 3.63) is 83.9 Å². The number of aromatic amines is 1. The normalized spacial score (nSPS) is 10.9. The summed E-state index contributed by atoms with van der Waals surface area (Å²) in [6.45, 7) is 2.10. The highest BCUT2D eigenvalue weighted by molar-refractivity contribution is 7.99. The number of rotatable bonds is 6. The molecule has 5 heteroatoms. The molecule has 4 aromatic rings. The van der Waals surface area contributed by atoms with E-state index in [0.717, 1.165) is 33.9 Å². The van der Waals surface area contributed by atoms with Gasteiger partial charge in [0, 0.05) is 17.0 Å².